The van der Waals surface area contributed by atoms with Crippen LogP contribution in [0.1, 0.15) is 69.2 Å². The zero-order valence-electron chi connectivity index (χ0n) is 20.8. The maximum Gasteiger partial charge on any atom is 0.494 e. The number of aromatic nitrogens is 2. The number of hydrogen-bond donors (Lipinski definition) is 1. The summed E-state index contributed by atoms with van der Waals surface area (Å²) in [5.41, 5.74) is 0.406. The van der Waals surface area contributed by atoms with Crippen LogP contribution in [0.5, 0.6) is 0 Å². The van der Waals surface area contributed by atoms with Gasteiger partial charge in [0.2, 0.25) is 11.9 Å². The van der Waals surface area contributed by atoms with Crippen molar-refractivity contribution in [2.75, 3.05) is 5.32 Å². The van der Waals surface area contributed by atoms with Gasteiger partial charge in [-0.3, -0.25) is 10.1 Å². The van der Waals surface area contributed by atoms with E-state index in [9.17, 15) is 4.79 Å². The fraction of sp³-hybridized carbons (Fsp3) is 0.542. The van der Waals surface area contributed by atoms with E-state index >= 15 is 0 Å². The SMILES string of the molecule is C=CC.CC.CC(C)(C)C(=O)Nc1ncc2cc(B3OC(C)(C)C(C)(C)O3)ccc2n1. The van der Waals surface area contributed by atoms with E-state index < -0.39 is 12.5 Å². The van der Waals surface area contributed by atoms with E-state index in [4.69, 9.17) is 9.31 Å². The molecule has 31 heavy (non-hydrogen) atoms. The van der Waals surface area contributed by atoms with Crippen LogP contribution in [0, 0.1) is 5.41 Å². The maximum atomic E-state index is 12.1. The molecule has 0 atom stereocenters. The Morgan fingerprint density at radius 1 is 1.13 bits per heavy atom. The number of anilines is 1. The molecule has 1 aromatic heterocycles. The third kappa shape index (κ3) is 6.62. The van der Waals surface area contributed by atoms with Gasteiger partial charge in [0.05, 0.1) is 16.7 Å². The summed E-state index contributed by atoms with van der Waals surface area (Å²) >= 11 is 0. The van der Waals surface area contributed by atoms with Crippen LogP contribution in [0.25, 0.3) is 10.9 Å². The van der Waals surface area contributed by atoms with Crippen molar-refractivity contribution in [2.24, 2.45) is 5.41 Å². The molecule has 0 saturated carbocycles. The summed E-state index contributed by atoms with van der Waals surface area (Å²) in [5, 5.41) is 3.62. The van der Waals surface area contributed by atoms with Crippen LogP contribution >= 0.6 is 0 Å². The van der Waals surface area contributed by atoms with Gasteiger partial charge in [-0.1, -0.05) is 52.8 Å². The molecule has 0 radical (unpaired) electrons. The normalized spacial score (nSPS) is 16.5. The van der Waals surface area contributed by atoms with Crippen molar-refractivity contribution in [3.05, 3.63) is 37.1 Å². The zero-order valence-corrected chi connectivity index (χ0v) is 20.8. The van der Waals surface area contributed by atoms with Gasteiger partial charge in [0.15, 0.2) is 0 Å². The number of allylic oxidation sites excluding steroid dienone is 1. The topological polar surface area (TPSA) is 73.3 Å². The average Bonchev–Trinajstić information content (AvgIpc) is 2.90. The highest BCUT2D eigenvalue weighted by Crippen LogP contribution is 2.36. The Balaban J connectivity index is 0.000000884. The fourth-order valence-electron chi connectivity index (χ4n) is 2.53. The lowest BCUT2D eigenvalue weighted by atomic mass is 9.78. The number of benzene rings is 1. The molecular formula is C24H38BN3O3. The predicted molar refractivity (Wildman–Crippen MR) is 131 cm³/mol. The Kier molecular flexibility index (Phi) is 8.97. The van der Waals surface area contributed by atoms with Crippen LogP contribution in [-0.4, -0.2) is 34.2 Å². The molecule has 0 spiro atoms. The lowest BCUT2D eigenvalue weighted by Crippen LogP contribution is -2.41. The molecule has 7 heteroatoms. The third-order valence-corrected chi connectivity index (χ3v) is 5.04. The number of hydrogen-bond acceptors (Lipinski definition) is 5. The Labute approximate surface area is 188 Å². The molecule has 1 N–H and O–H groups in total. The van der Waals surface area contributed by atoms with Gasteiger partial charge in [0, 0.05) is 17.0 Å². The van der Waals surface area contributed by atoms with Crippen molar-refractivity contribution < 1.29 is 14.1 Å². The van der Waals surface area contributed by atoms with E-state index in [-0.39, 0.29) is 17.1 Å². The number of nitrogens with zero attached hydrogens (tertiary/aromatic N) is 2. The molecular weight excluding hydrogens is 389 g/mol. The fourth-order valence-corrected chi connectivity index (χ4v) is 2.53. The van der Waals surface area contributed by atoms with Crippen LogP contribution < -0.4 is 10.8 Å². The van der Waals surface area contributed by atoms with E-state index in [1.807, 2.05) is 87.4 Å². The van der Waals surface area contributed by atoms with Crippen molar-refractivity contribution in [3.63, 3.8) is 0 Å². The summed E-state index contributed by atoms with van der Waals surface area (Å²) in [5.74, 6) is 0.187. The van der Waals surface area contributed by atoms with Gasteiger partial charge in [0.1, 0.15) is 0 Å². The zero-order chi connectivity index (χ0) is 24.0. The van der Waals surface area contributed by atoms with Crippen LogP contribution in [0.15, 0.2) is 37.1 Å². The number of fused-ring (bicyclic) bond motifs is 1. The van der Waals surface area contributed by atoms with Crippen LogP contribution in [0.3, 0.4) is 0 Å². The molecule has 0 unspecified atom stereocenters. The maximum absolute atomic E-state index is 12.1. The molecule has 1 amide bonds. The first-order valence-electron chi connectivity index (χ1n) is 10.8. The van der Waals surface area contributed by atoms with Gasteiger partial charge in [-0.15, -0.1) is 6.58 Å². The molecule has 3 rings (SSSR count). The molecule has 2 heterocycles. The second-order valence-corrected chi connectivity index (χ2v) is 9.21. The summed E-state index contributed by atoms with van der Waals surface area (Å²) in [6.45, 7) is 22.9. The number of nitrogens with one attached hydrogen (secondary N) is 1. The average molecular weight is 427 g/mol. The predicted octanol–water partition coefficient (Wildman–Crippen LogP) is 5.13. The summed E-state index contributed by atoms with van der Waals surface area (Å²) in [6, 6.07) is 5.80. The standard InChI is InChI=1S/C19H26BN3O3.C3H6.C2H6/c1-17(2,3)15(24)23-16-21-11-12-10-13(8-9-14(12)22-16)20-25-18(4,5)19(6,7)26-20;1-3-2;1-2/h8-11H,1-7H3,(H,21,22,23,24);3H,1H2,2H3;1-2H3. The summed E-state index contributed by atoms with van der Waals surface area (Å²) in [4.78, 5) is 20.8. The quantitative estimate of drug-likeness (QED) is 0.531. The van der Waals surface area contributed by atoms with Gasteiger partial charge in [0.25, 0.3) is 0 Å². The van der Waals surface area contributed by atoms with E-state index in [0.29, 0.717) is 5.95 Å². The summed E-state index contributed by atoms with van der Waals surface area (Å²) < 4.78 is 12.2. The minimum atomic E-state index is -0.501. The highest BCUT2D eigenvalue weighted by atomic mass is 16.7. The van der Waals surface area contributed by atoms with E-state index in [1.54, 1.807) is 12.3 Å². The van der Waals surface area contributed by atoms with E-state index in [0.717, 1.165) is 16.4 Å². The minimum absolute atomic E-state index is 0.120. The van der Waals surface area contributed by atoms with Gasteiger partial charge in [-0.25, -0.2) is 9.97 Å². The molecule has 2 aromatic rings. The molecule has 1 fully saturated rings. The Morgan fingerprint density at radius 3 is 2.13 bits per heavy atom. The number of carbonyl (C=O) groups excluding carboxylic acids is 1. The van der Waals surface area contributed by atoms with Crippen molar-refractivity contribution in [3.8, 4) is 0 Å². The first kappa shape index (κ1) is 26.8. The molecule has 0 aliphatic carbocycles. The Hall–Kier alpha value is -2.25. The number of carbonyl (C=O) groups is 1. The lowest BCUT2D eigenvalue weighted by molar-refractivity contribution is -0.123. The van der Waals surface area contributed by atoms with Crippen LogP contribution in [0.4, 0.5) is 5.95 Å². The van der Waals surface area contributed by atoms with Crippen molar-refractivity contribution in [1.29, 1.82) is 0 Å². The van der Waals surface area contributed by atoms with Crippen molar-refractivity contribution >= 4 is 35.3 Å². The second kappa shape index (κ2) is 10.4. The lowest BCUT2D eigenvalue weighted by Gasteiger charge is -2.32. The molecule has 0 bridgehead atoms. The summed E-state index contributed by atoms with van der Waals surface area (Å²) in [7, 11) is -0.426. The first-order chi connectivity index (χ1) is 14.3. The molecule has 6 nitrogen and oxygen atoms in total. The van der Waals surface area contributed by atoms with Gasteiger partial charge in [-0.2, -0.15) is 0 Å². The smallest absolute Gasteiger partial charge is 0.399 e. The first-order valence-corrected chi connectivity index (χ1v) is 10.8. The highest BCUT2D eigenvalue weighted by molar-refractivity contribution is 6.62. The van der Waals surface area contributed by atoms with Gasteiger partial charge >= 0.3 is 7.12 Å². The molecule has 1 aromatic carbocycles. The monoisotopic (exact) mass is 427 g/mol. The van der Waals surface area contributed by atoms with Gasteiger partial charge in [-0.05, 0) is 46.1 Å². The van der Waals surface area contributed by atoms with Crippen molar-refractivity contribution in [1.82, 2.24) is 9.97 Å². The third-order valence-electron chi connectivity index (χ3n) is 5.04. The molecule has 1 aliphatic heterocycles. The number of rotatable bonds is 2. The van der Waals surface area contributed by atoms with E-state index in [2.05, 4.69) is 21.9 Å². The van der Waals surface area contributed by atoms with Crippen LogP contribution in [-0.2, 0) is 14.1 Å². The second-order valence-electron chi connectivity index (χ2n) is 9.21. The molecule has 1 saturated heterocycles. The summed E-state index contributed by atoms with van der Waals surface area (Å²) in [6.07, 6.45) is 3.45. The minimum Gasteiger partial charge on any atom is -0.399 e. The largest absolute Gasteiger partial charge is 0.494 e. The van der Waals surface area contributed by atoms with Gasteiger partial charge < -0.3 is 9.31 Å². The Morgan fingerprint density at radius 2 is 1.65 bits per heavy atom. The van der Waals surface area contributed by atoms with E-state index in [1.165, 1.54) is 0 Å². The molecule has 170 valence electrons. The Bertz CT molecular complexity index is 889. The molecule has 1 aliphatic rings. The van der Waals surface area contributed by atoms with Crippen LogP contribution in [0.2, 0.25) is 0 Å². The highest BCUT2D eigenvalue weighted by Gasteiger charge is 2.51. The number of amides is 1. The van der Waals surface area contributed by atoms with Crippen molar-refractivity contribution in [2.45, 2.75) is 80.4 Å².